The van der Waals surface area contributed by atoms with Gasteiger partial charge in [0.2, 0.25) is 0 Å². The average Bonchev–Trinajstić information content (AvgIpc) is 2.49. The van der Waals surface area contributed by atoms with E-state index in [0.717, 1.165) is 0 Å². The summed E-state index contributed by atoms with van der Waals surface area (Å²) in [5.74, 6) is -0.664. The van der Waals surface area contributed by atoms with Crippen molar-refractivity contribution in [2.24, 2.45) is 0 Å². The van der Waals surface area contributed by atoms with Crippen LogP contribution in [-0.2, 0) is 16.6 Å². The lowest BCUT2D eigenvalue weighted by Crippen LogP contribution is -2.35. The predicted octanol–water partition coefficient (Wildman–Crippen LogP) is 4.18. The molecule has 0 spiro atoms. The van der Waals surface area contributed by atoms with Crippen LogP contribution in [0.1, 0.15) is 18.1 Å². The first-order chi connectivity index (χ1) is 10.0. The number of Topliss-reactive ketones (excluding diaryl/α,β-unsaturated/α-hetero) is 1. The van der Waals surface area contributed by atoms with Gasteiger partial charge in [-0.1, -0.05) is 42.5 Å². The molecule has 0 amide bonds. The minimum absolute atomic E-state index is 0.126. The van der Waals surface area contributed by atoms with Crippen LogP contribution in [0.15, 0.2) is 53.0 Å². The summed E-state index contributed by atoms with van der Waals surface area (Å²) in [7, 11) is 0. The number of nitriles is 1. The van der Waals surface area contributed by atoms with Crippen LogP contribution in [-0.4, -0.2) is 5.78 Å². The second-order valence-corrected chi connectivity index (χ2v) is 5.62. The van der Waals surface area contributed by atoms with E-state index in [1.807, 2.05) is 6.07 Å². The minimum Gasteiger partial charge on any atom is -0.298 e. The summed E-state index contributed by atoms with van der Waals surface area (Å²) in [5.41, 5.74) is -0.0934. The van der Waals surface area contributed by atoms with Gasteiger partial charge >= 0.3 is 0 Å². The maximum absolute atomic E-state index is 13.6. The quantitative estimate of drug-likeness (QED) is 0.833. The van der Waals surface area contributed by atoms with Crippen molar-refractivity contribution >= 4 is 21.7 Å². The molecule has 0 heterocycles. The Hall–Kier alpha value is -1.99. The molecule has 0 aromatic heterocycles. The van der Waals surface area contributed by atoms with Crippen LogP contribution in [0.25, 0.3) is 0 Å². The van der Waals surface area contributed by atoms with E-state index in [4.69, 9.17) is 0 Å². The molecule has 2 nitrogen and oxygen atoms in total. The average molecular weight is 346 g/mol. The molecule has 0 bridgehead atoms. The smallest absolute Gasteiger partial charge is 0.154 e. The Bertz CT molecular complexity index is 708. The summed E-state index contributed by atoms with van der Waals surface area (Å²) in [6, 6.07) is 15.6. The number of nitrogens with zero attached hydrogens (tertiary/aromatic N) is 1. The minimum atomic E-state index is -1.31. The molecule has 0 fully saturated rings. The van der Waals surface area contributed by atoms with Gasteiger partial charge in [-0.3, -0.25) is 4.79 Å². The third kappa shape index (κ3) is 2.88. The van der Waals surface area contributed by atoms with Crippen LogP contribution >= 0.6 is 15.9 Å². The van der Waals surface area contributed by atoms with Gasteiger partial charge in [-0.05, 0) is 40.0 Å². The second kappa shape index (κ2) is 6.19. The Morgan fingerprint density at radius 1 is 1.24 bits per heavy atom. The van der Waals surface area contributed by atoms with Crippen molar-refractivity contribution in [3.63, 3.8) is 0 Å². The standard InChI is InChI=1S/C17H13BrFNO/c1-12(21)17(11-20,14-7-3-2-4-8-14)10-13-6-5-9-15(19)16(13)18/h2-9H,10H2,1H3. The van der Waals surface area contributed by atoms with Gasteiger partial charge in [-0.25, -0.2) is 4.39 Å². The van der Waals surface area contributed by atoms with Crippen molar-refractivity contribution in [3.8, 4) is 6.07 Å². The van der Waals surface area contributed by atoms with Crippen LogP contribution in [0.3, 0.4) is 0 Å². The molecule has 0 saturated heterocycles. The van der Waals surface area contributed by atoms with Gasteiger partial charge in [-0.15, -0.1) is 0 Å². The highest BCUT2D eigenvalue weighted by Crippen LogP contribution is 2.32. The van der Waals surface area contributed by atoms with Crippen molar-refractivity contribution in [3.05, 3.63) is 69.9 Å². The maximum atomic E-state index is 13.6. The van der Waals surface area contributed by atoms with E-state index in [-0.39, 0.29) is 12.2 Å². The summed E-state index contributed by atoms with van der Waals surface area (Å²) in [6.07, 6.45) is 0.126. The molecule has 0 radical (unpaired) electrons. The molecule has 1 unspecified atom stereocenters. The molecule has 0 aliphatic heterocycles. The van der Waals surface area contributed by atoms with Crippen molar-refractivity contribution < 1.29 is 9.18 Å². The van der Waals surface area contributed by atoms with E-state index >= 15 is 0 Å². The van der Waals surface area contributed by atoms with E-state index in [0.29, 0.717) is 15.6 Å². The molecule has 0 N–H and O–H groups in total. The van der Waals surface area contributed by atoms with Crippen LogP contribution in [0.2, 0.25) is 0 Å². The van der Waals surface area contributed by atoms with E-state index in [1.54, 1.807) is 36.4 Å². The number of hydrogen-bond donors (Lipinski definition) is 0. The van der Waals surface area contributed by atoms with Gasteiger partial charge in [-0.2, -0.15) is 5.26 Å². The number of ketones is 1. The van der Waals surface area contributed by atoms with Gasteiger partial charge in [0.1, 0.15) is 11.2 Å². The number of hydrogen-bond acceptors (Lipinski definition) is 2. The molecule has 2 aromatic carbocycles. The monoisotopic (exact) mass is 345 g/mol. The lowest BCUT2D eigenvalue weighted by atomic mass is 9.74. The molecule has 21 heavy (non-hydrogen) atoms. The van der Waals surface area contributed by atoms with Crippen LogP contribution in [0, 0.1) is 17.1 Å². The summed E-state index contributed by atoms with van der Waals surface area (Å²) in [5, 5.41) is 9.64. The number of halogens is 2. The number of benzene rings is 2. The third-order valence-electron chi connectivity index (χ3n) is 3.55. The van der Waals surface area contributed by atoms with Crippen LogP contribution in [0.5, 0.6) is 0 Å². The summed E-state index contributed by atoms with van der Waals surface area (Å²) < 4.78 is 13.9. The number of carbonyl (C=O) groups is 1. The number of rotatable bonds is 4. The molecule has 106 valence electrons. The van der Waals surface area contributed by atoms with Gasteiger partial charge in [0.15, 0.2) is 5.78 Å². The molecule has 0 aliphatic carbocycles. The highest BCUT2D eigenvalue weighted by atomic mass is 79.9. The first-order valence-corrected chi connectivity index (χ1v) is 7.21. The van der Waals surface area contributed by atoms with Crippen LogP contribution in [0.4, 0.5) is 4.39 Å². The molecule has 0 saturated carbocycles. The topological polar surface area (TPSA) is 40.9 Å². The lowest BCUT2D eigenvalue weighted by molar-refractivity contribution is -0.120. The first kappa shape index (κ1) is 15.4. The molecule has 0 aliphatic rings. The van der Waals surface area contributed by atoms with Crippen molar-refractivity contribution in [2.45, 2.75) is 18.8 Å². The first-order valence-electron chi connectivity index (χ1n) is 6.42. The van der Waals surface area contributed by atoms with Gasteiger partial charge in [0.05, 0.1) is 10.5 Å². The van der Waals surface area contributed by atoms with E-state index in [1.165, 1.54) is 13.0 Å². The summed E-state index contributed by atoms with van der Waals surface area (Å²) in [4.78, 5) is 12.2. The fourth-order valence-electron chi connectivity index (χ4n) is 2.31. The van der Waals surface area contributed by atoms with Crippen molar-refractivity contribution in [1.29, 1.82) is 5.26 Å². The highest BCUT2D eigenvalue weighted by molar-refractivity contribution is 9.10. The normalized spacial score (nSPS) is 13.2. The Morgan fingerprint density at radius 2 is 1.90 bits per heavy atom. The zero-order valence-corrected chi connectivity index (χ0v) is 13.0. The third-order valence-corrected chi connectivity index (χ3v) is 4.43. The fourth-order valence-corrected chi connectivity index (χ4v) is 2.71. The second-order valence-electron chi connectivity index (χ2n) is 4.83. The van der Waals surface area contributed by atoms with Gasteiger partial charge in [0, 0.05) is 6.42 Å². The molecule has 2 rings (SSSR count). The molecule has 4 heteroatoms. The summed E-state index contributed by atoms with van der Waals surface area (Å²) >= 11 is 3.19. The van der Waals surface area contributed by atoms with Crippen LogP contribution < -0.4 is 0 Å². The molecular weight excluding hydrogens is 333 g/mol. The van der Waals surface area contributed by atoms with Crippen molar-refractivity contribution in [2.75, 3.05) is 0 Å². The number of carbonyl (C=O) groups excluding carboxylic acids is 1. The predicted molar refractivity (Wildman–Crippen MR) is 82.2 cm³/mol. The fraction of sp³-hybridized carbons (Fsp3) is 0.176. The zero-order valence-electron chi connectivity index (χ0n) is 11.4. The zero-order chi connectivity index (χ0) is 15.5. The summed E-state index contributed by atoms with van der Waals surface area (Å²) in [6.45, 7) is 1.39. The van der Waals surface area contributed by atoms with E-state index in [2.05, 4.69) is 22.0 Å². The lowest BCUT2D eigenvalue weighted by Gasteiger charge is -2.25. The largest absolute Gasteiger partial charge is 0.298 e. The molecule has 2 aromatic rings. The Balaban J connectivity index is 2.55. The maximum Gasteiger partial charge on any atom is 0.154 e. The highest BCUT2D eigenvalue weighted by Gasteiger charge is 2.38. The van der Waals surface area contributed by atoms with Crippen molar-refractivity contribution in [1.82, 2.24) is 0 Å². The SMILES string of the molecule is CC(=O)C(C#N)(Cc1cccc(F)c1Br)c1ccccc1. The molecular formula is C17H13BrFNO. The Labute approximate surface area is 131 Å². The van der Waals surface area contributed by atoms with Gasteiger partial charge < -0.3 is 0 Å². The Morgan fingerprint density at radius 3 is 2.48 bits per heavy atom. The Kier molecular flexibility index (Phi) is 4.54. The van der Waals surface area contributed by atoms with E-state index in [9.17, 15) is 14.4 Å². The molecule has 1 atom stereocenters. The van der Waals surface area contributed by atoms with Gasteiger partial charge in [0.25, 0.3) is 0 Å². The van der Waals surface area contributed by atoms with E-state index < -0.39 is 11.2 Å².